The molecule has 1 unspecified atom stereocenters. The number of likely N-dealkylation sites (N-methyl/N-ethyl adjacent to an activating group) is 1. The lowest BCUT2D eigenvalue weighted by Crippen LogP contribution is -2.38. The van der Waals surface area contributed by atoms with Crippen molar-refractivity contribution in [3.8, 4) is 0 Å². The van der Waals surface area contributed by atoms with Gasteiger partial charge in [0.1, 0.15) is 0 Å². The van der Waals surface area contributed by atoms with E-state index in [4.69, 9.17) is 0 Å². The fourth-order valence-electron chi connectivity index (χ4n) is 2.43. The number of nitrogens with one attached hydrogen (secondary N) is 1. The van der Waals surface area contributed by atoms with E-state index in [1.54, 1.807) is 0 Å². The molecule has 0 aliphatic heterocycles. The summed E-state index contributed by atoms with van der Waals surface area (Å²) in [5.74, 6) is 0. The van der Waals surface area contributed by atoms with E-state index in [1.807, 2.05) is 0 Å². The molecule has 0 aromatic heterocycles. The van der Waals surface area contributed by atoms with Crippen LogP contribution in [0.25, 0.3) is 0 Å². The molecule has 0 saturated carbocycles. The van der Waals surface area contributed by atoms with E-state index in [1.165, 1.54) is 24.9 Å². The molecule has 0 aliphatic carbocycles. The van der Waals surface area contributed by atoms with Crippen LogP contribution in [0.4, 0.5) is 0 Å². The van der Waals surface area contributed by atoms with E-state index in [2.05, 4.69) is 61.3 Å². The van der Waals surface area contributed by atoms with Gasteiger partial charge in [-0.3, -0.25) is 0 Å². The molecule has 0 heterocycles. The molecule has 2 heteroatoms. The van der Waals surface area contributed by atoms with Crippen molar-refractivity contribution in [3.63, 3.8) is 0 Å². The summed E-state index contributed by atoms with van der Waals surface area (Å²) >= 11 is 0. The first kappa shape index (κ1) is 16.2. The third-order valence-corrected chi connectivity index (χ3v) is 3.67. The topological polar surface area (TPSA) is 15.3 Å². The minimum Gasteiger partial charge on any atom is -0.312 e. The molecule has 1 aromatic rings. The van der Waals surface area contributed by atoms with Crippen molar-refractivity contribution < 1.29 is 0 Å². The monoisotopic (exact) mass is 262 g/mol. The lowest BCUT2D eigenvalue weighted by molar-refractivity contribution is 0.281. The highest BCUT2D eigenvalue weighted by molar-refractivity contribution is 5.15. The molecule has 0 aliphatic rings. The van der Waals surface area contributed by atoms with Gasteiger partial charge in [-0.2, -0.15) is 0 Å². The SMILES string of the molecule is CCCN(CC)CCNC(CC)Cc1ccccc1. The van der Waals surface area contributed by atoms with E-state index in [0.29, 0.717) is 6.04 Å². The molecule has 0 bridgehead atoms. The Morgan fingerprint density at radius 2 is 1.79 bits per heavy atom. The summed E-state index contributed by atoms with van der Waals surface area (Å²) in [7, 11) is 0. The summed E-state index contributed by atoms with van der Waals surface area (Å²) in [6.45, 7) is 11.4. The van der Waals surface area contributed by atoms with E-state index < -0.39 is 0 Å². The van der Waals surface area contributed by atoms with Crippen molar-refractivity contribution in [3.05, 3.63) is 35.9 Å². The van der Waals surface area contributed by atoms with Crippen molar-refractivity contribution in [2.75, 3.05) is 26.2 Å². The predicted molar refractivity (Wildman–Crippen MR) is 84.6 cm³/mol. The second-order valence-corrected chi connectivity index (χ2v) is 5.18. The first-order valence-corrected chi connectivity index (χ1v) is 7.79. The van der Waals surface area contributed by atoms with Gasteiger partial charge in [0, 0.05) is 19.1 Å². The standard InChI is InChI=1S/C17H30N2/c1-4-13-19(6-3)14-12-18-17(5-2)15-16-10-8-7-9-11-16/h7-11,17-18H,4-6,12-15H2,1-3H3. The van der Waals surface area contributed by atoms with Gasteiger partial charge in [-0.1, -0.05) is 51.1 Å². The molecule has 0 amide bonds. The quantitative estimate of drug-likeness (QED) is 0.696. The minimum absolute atomic E-state index is 0.600. The molecule has 108 valence electrons. The summed E-state index contributed by atoms with van der Waals surface area (Å²) in [5.41, 5.74) is 1.43. The van der Waals surface area contributed by atoms with Crippen LogP contribution in [-0.4, -0.2) is 37.1 Å². The molecular formula is C17H30N2. The molecule has 0 spiro atoms. The Labute approximate surface area is 119 Å². The largest absolute Gasteiger partial charge is 0.312 e. The highest BCUT2D eigenvalue weighted by Crippen LogP contribution is 2.05. The van der Waals surface area contributed by atoms with Gasteiger partial charge in [0.25, 0.3) is 0 Å². The van der Waals surface area contributed by atoms with Gasteiger partial charge in [-0.05, 0) is 37.9 Å². The highest BCUT2D eigenvalue weighted by Gasteiger charge is 2.07. The molecule has 1 atom stereocenters. The third kappa shape index (κ3) is 6.74. The number of benzene rings is 1. The molecular weight excluding hydrogens is 232 g/mol. The Hall–Kier alpha value is -0.860. The van der Waals surface area contributed by atoms with Gasteiger partial charge in [-0.15, -0.1) is 0 Å². The molecule has 0 saturated heterocycles. The van der Waals surface area contributed by atoms with Crippen LogP contribution in [0.3, 0.4) is 0 Å². The first-order valence-electron chi connectivity index (χ1n) is 7.79. The predicted octanol–water partition coefficient (Wildman–Crippen LogP) is 3.33. The smallest absolute Gasteiger partial charge is 0.0107 e. The van der Waals surface area contributed by atoms with Crippen LogP contribution in [0.5, 0.6) is 0 Å². The molecule has 0 fully saturated rings. The van der Waals surface area contributed by atoms with Crippen molar-refractivity contribution in [1.82, 2.24) is 10.2 Å². The summed E-state index contributed by atoms with van der Waals surface area (Å²) < 4.78 is 0. The molecule has 19 heavy (non-hydrogen) atoms. The average molecular weight is 262 g/mol. The molecule has 1 rings (SSSR count). The fourth-order valence-corrected chi connectivity index (χ4v) is 2.43. The van der Waals surface area contributed by atoms with Gasteiger partial charge in [0.15, 0.2) is 0 Å². The van der Waals surface area contributed by atoms with Gasteiger partial charge in [-0.25, -0.2) is 0 Å². The maximum Gasteiger partial charge on any atom is 0.0107 e. The Bertz CT molecular complexity index is 310. The van der Waals surface area contributed by atoms with Crippen molar-refractivity contribution >= 4 is 0 Å². The van der Waals surface area contributed by atoms with Crippen LogP contribution in [0.1, 0.15) is 39.2 Å². The van der Waals surface area contributed by atoms with Crippen LogP contribution < -0.4 is 5.32 Å². The van der Waals surface area contributed by atoms with Crippen LogP contribution in [0, 0.1) is 0 Å². The van der Waals surface area contributed by atoms with E-state index in [9.17, 15) is 0 Å². The van der Waals surface area contributed by atoms with Gasteiger partial charge >= 0.3 is 0 Å². The molecule has 0 radical (unpaired) electrons. The lowest BCUT2D eigenvalue weighted by atomic mass is 10.0. The van der Waals surface area contributed by atoms with E-state index >= 15 is 0 Å². The Balaban J connectivity index is 2.29. The fraction of sp³-hybridized carbons (Fsp3) is 0.647. The lowest BCUT2D eigenvalue weighted by Gasteiger charge is -2.22. The number of rotatable bonds is 10. The van der Waals surface area contributed by atoms with Crippen molar-refractivity contribution in [2.45, 2.75) is 46.1 Å². The van der Waals surface area contributed by atoms with Crippen LogP contribution >= 0.6 is 0 Å². The van der Waals surface area contributed by atoms with Crippen molar-refractivity contribution in [2.24, 2.45) is 0 Å². The number of hydrogen-bond acceptors (Lipinski definition) is 2. The molecule has 1 aromatic carbocycles. The Morgan fingerprint density at radius 3 is 2.37 bits per heavy atom. The van der Waals surface area contributed by atoms with Crippen LogP contribution in [-0.2, 0) is 6.42 Å². The first-order chi connectivity index (χ1) is 9.30. The van der Waals surface area contributed by atoms with Gasteiger partial charge in [0.2, 0.25) is 0 Å². The van der Waals surface area contributed by atoms with Crippen molar-refractivity contribution in [1.29, 1.82) is 0 Å². The van der Waals surface area contributed by atoms with Gasteiger partial charge < -0.3 is 10.2 Å². The molecule has 1 N–H and O–H groups in total. The number of nitrogens with zero attached hydrogens (tertiary/aromatic N) is 1. The Morgan fingerprint density at radius 1 is 1.05 bits per heavy atom. The Kier molecular flexibility index (Phi) is 8.52. The van der Waals surface area contributed by atoms with E-state index in [0.717, 1.165) is 26.1 Å². The van der Waals surface area contributed by atoms with Gasteiger partial charge in [0.05, 0.1) is 0 Å². The summed E-state index contributed by atoms with van der Waals surface area (Å²) in [4.78, 5) is 2.52. The maximum absolute atomic E-state index is 3.70. The van der Waals surface area contributed by atoms with Crippen LogP contribution in [0.2, 0.25) is 0 Å². The zero-order valence-corrected chi connectivity index (χ0v) is 12.9. The maximum atomic E-state index is 3.70. The zero-order chi connectivity index (χ0) is 13.9. The summed E-state index contributed by atoms with van der Waals surface area (Å²) in [6.07, 6.45) is 3.57. The minimum atomic E-state index is 0.600. The second kappa shape index (κ2) is 9.99. The van der Waals surface area contributed by atoms with E-state index in [-0.39, 0.29) is 0 Å². The molecule has 2 nitrogen and oxygen atoms in total. The summed E-state index contributed by atoms with van der Waals surface area (Å²) in [5, 5.41) is 3.70. The third-order valence-electron chi connectivity index (χ3n) is 3.67. The van der Waals surface area contributed by atoms with Crippen LogP contribution in [0.15, 0.2) is 30.3 Å². The number of hydrogen-bond donors (Lipinski definition) is 1. The summed E-state index contributed by atoms with van der Waals surface area (Å²) in [6, 6.07) is 11.4. The normalized spacial score (nSPS) is 12.8. The average Bonchev–Trinajstić information content (AvgIpc) is 2.46. The second-order valence-electron chi connectivity index (χ2n) is 5.18. The zero-order valence-electron chi connectivity index (χ0n) is 12.9. The highest BCUT2D eigenvalue weighted by atomic mass is 15.1.